The fourth-order valence-corrected chi connectivity index (χ4v) is 8.97. The first kappa shape index (κ1) is 34.8. The quantitative estimate of drug-likeness (QED) is 0.153. The molecule has 1 aliphatic carbocycles. The second-order valence-corrected chi connectivity index (χ2v) is 15.2. The van der Waals surface area contributed by atoms with Crippen molar-refractivity contribution in [1.82, 2.24) is 0 Å². The molecule has 2 aliphatic heterocycles. The number of rotatable bonds is 8. The molecule has 0 saturated heterocycles. The molecule has 0 saturated carbocycles. The molecule has 11 rings (SSSR count). The van der Waals surface area contributed by atoms with E-state index in [1.165, 1.54) is 33.4 Å². The van der Waals surface area contributed by atoms with Crippen molar-refractivity contribution in [3.8, 4) is 45.6 Å². The number of hydrogen-bond acceptors (Lipinski definition) is 6. The summed E-state index contributed by atoms with van der Waals surface area (Å²) in [6, 6.07) is 67.6. The van der Waals surface area contributed by atoms with Crippen LogP contribution in [-0.4, -0.2) is 13.5 Å². The smallest absolute Gasteiger partial charge is 0.161 e. The maximum Gasteiger partial charge on any atom is 0.161 e. The van der Waals surface area contributed by atoms with E-state index in [4.69, 9.17) is 18.9 Å². The van der Waals surface area contributed by atoms with Crippen LogP contribution >= 0.6 is 0 Å². The summed E-state index contributed by atoms with van der Waals surface area (Å²) in [6.45, 7) is 2.65. The van der Waals surface area contributed by atoms with Gasteiger partial charge in [0.25, 0.3) is 0 Å². The summed E-state index contributed by atoms with van der Waals surface area (Å²) in [7, 11) is 0. The number of hydrogen-bond donors (Lipinski definition) is 0. The zero-order valence-corrected chi connectivity index (χ0v) is 32.3. The summed E-state index contributed by atoms with van der Waals surface area (Å²) in [5.41, 5.74) is 11.3. The minimum absolute atomic E-state index is 0.516. The minimum Gasteiger partial charge on any atom is -0.473 e. The van der Waals surface area contributed by atoms with Crippen LogP contribution in [0.4, 0.5) is 11.4 Å². The predicted molar refractivity (Wildman–Crippen MR) is 233 cm³/mol. The van der Waals surface area contributed by atoms with E-state index in [-0.39, 0.29) is 0 Å². The first-order valence-corrected chi connectivity index (χ1v) is 20.1. The van der Waals surface area contributed by atoms with Gasteiger partial charge in [0.05, 0.1) is 5.41 Å². The number of anilines is 2. The molecule has 2 heterocycles. The van der Waals surface area contributed by atoms with E-state index in [2.05, 4.69) is 155 Å². The Kier molecular flexibility index (Phi) is 8.54. The van der Waals surface area contributed by atoms with Crippen LogP contribution in [-0.2, 0) is 18.5 Å². The highest BCUT2D eigenvalue weighted by molar-refractivity contribution is 5.86. The molecule has 0 amide bonds. The molecule has 59 heavy (non-hydrogen) atoms. The highest BCUT2D eigenvalue weighted by Gasteiger charge is 2.46. The van der Waals surface area contributed by atoms with E-state index in [0.717, 1.165) is 70.1 Å². The topological polar surface area (TPSA) is 43.4 Å². The largest absolute Gasteiger partial charge is 0.473 e. The number of fused-ring (bicyclic) bond motifs is 5. The summed E-state index contributed by atoms with van der Waals surface area (Å²) in [4.78, 5) is 4.44. The van der Waals surface area contributed by atoms with Crippen molar-refractivity contribution in [2.24, 2.45) is 0 Å². The normalized spacial score (nSPS) is 14.5. The molecule has 0 unspecified atom stereocenters. The molecule has 0 N–H and O–H groups in total. The van der Waals surface area contributed by atoms with Crippen molar-refractivity contribution in [1.29, 1.82) is 0 Å². The lowest BCUT2D eigenvalue weighted by atomic mass is 9.68. The summed E-state index contributed by atoms with van der Waals surface area (Å²) in [5, 5.41) is 0. The highest BCUT2D eigenvalue weighted by atomic mass is 16.5. The van der Waals surface area contributed by atoms with E-state index in [0.29, 0.717) is 13.5 Å². The second kappa shape index (κ2) is 14.5. The first-order valence-electron chi connectivity index (χ1n) is 20.1. The van der Waals surface area contributed by atoms with Crippen LogP contribution in [0.5, 0.6) is 34.5 Å². The average Bonchev–Trinajstić information content (AvgIpc) is 3.61. The van der Waals surface area contributed by atoms with E-state index in [1.807, 2.05) is 48.5 Å². The predicted octanol–water partition coefficient (Wildman–Crippen LogP) is 12.3. The first-order chi connectivity index (χ1) is 29.2. The third-order valence-corrected chi connectivity index (χ3v) is 11.8. The maximum absolute atomic E-state index is 6.43. The van der Waals surface area contributed by atoms with Crippen molar-refractivity contribution in [2.45, 2.75) is 18.5 Å². The van der Waals surface area contributed by atoms with Crippen LogP contribution < -0.4 is 28.7 Å². The Balaban J connectivity index is 0.858. The summed E-state index contributed by atoms with van der Waals surface area (Å²) in [5.74, 6) is 5.03. The van der Waals surface area contributed by atoms with Crippen LogP contribution in [0, 0.1) is 0 Å². The van der Waals surface area contributed by atoms with E-state index in [1.54, 1.807) is 0 Å². The van der Waals surface area contributed by atoms with Gasteiger partial charge < -0.3 is 28.7 Å². The Hall–Kier alpha value is -7.44. The third kappa shape index (κ3) is 6.21. The van der Waals surface area contributed by atoms with Crippen molar-refractivity contribution in [2.75, 3.05) is 23.3 Å². The van der Waals surface area contributed by atoms with Gasteiger partial charge in [0, 0.05) is 35.6 Å². The minimum atomic E-state index is -0.544. The standard InChI is InChI=1S/C53H40N2O4/c1-7-15-51-37(9-1)33-54(35-56-51)41-21-29-45(30-22-41)58-43-25-17-39(18-26-43)53(49-13-5-3-11-47(49)48-12-4-6-14-50(48)53)40-19-27-44(28-20-40)59-46-31-23-42(24-32-46)55-34-38-10-2-8-16-52(38)57-36-55/h1-32H,33-36H2. The van der Waals surface area contributed by atoms with Gasteiger partial charge in [0.15, 0.2) is 13.5 Å². The lowest BCUT2D eigenvalue weighted by molar-refractivity contribution is 0.289. The zero-order chi connectivity index (χ0) is 39.2. The molecule has 6 nitrogen and oxygen atoms in total. The summed E-state index contributed by atoms with van der Waals surface area (Å²) < 4.78 is 24.8. The van der Waals surface area contributed by atoms with Gasteiger partial charge in [0.2, 0.25) is 0 Å². The fraction of sp³-hybridized carbons (Fsp3) is 0.0943. The molecular formula is C53H40N2O4. The van der Waals surface area contributed by atoms with Crippen LogP contribution in [0.25, 0.3) is 11.1 Å². The molecule has 3 aliphatic rings. The Morgan fingerprint density at radius 1 is 0.373 bits per heavy atom. The molecular weight excluding hydrogens is 729 g/mol. The Morgan fingerprint density at radius 3 is 1.15 bits per heavy atom. The molecule has 0 aromatic heterocycles. The van der Waals surface area contributed by atoms with E-state index in [9.17, 15) is 0 Å². The third-order valence-electron chi connectivity index (χ3n) is 11.8. The van der Waals surface area contributed by atoms with Gasteiger partial charge in [-0.3, -0.25) is 0 Å². The number of benzene rings is 8. The maximum atomic E-state index is 6.43. The van der Waals surface area contributed by atoms with E-state index < -0.39 is 5.41 Å². The van der Waals surface area contributed by atoms with Gasteiger partial charge in [-0.1, -0.05) is 109 Å². The average molecular weight is 769 g/mol. The molecule has 8 aromatic rings. The Bertz CT molecular complexity index is 2590. The van der Waals surface area contributed by atoms with Crippen LogP contribution in [0.15, 0.2) is 194 Å². The van der Waals surface area contributed by atoms with Gasteiger partial charge in [-0.05, 0) is 118 Å². The summed E-state index contributed by atoms with van der Waals surface area (Å²) in [6.07, 6.45) is 0. The number of para-hydroxylation sites is 2. The SMILES string of the molecule is c1ccc2c(c1)CN(c1ccc(Oc3ccc(C4(c5ccc(Oc6ccc(N7COc8ccccc8C7)cc6)cc5)c5ccccc5-c5ccccc54)cc3)cc1)CO2. The zero-order valence-electron chi connectivity index (χ0n) is 32.3. The van der Waals surface area contributed by atoms with Crippen LogP contribution in [0.2, 0.25) is 0 Å². The lowest BCUT2D eigenvalue weighted by Crippen LogP contribution is -2.31. The molecule has 8 aromatic carbocycles. The molecule has 0 atom stereocenters. The molecule has 0 radical (unpaired) electrons. The molecule has 6 heteroatoms. The van der Waals surface area contributed by atoms with Gasteiger partial charge in [0.1, 0.15) is 34.5 Å². The van der Waals surface area contributed by atoms with Gasteiger partial charge >= 0.3 is 0 Å². The number of nitrogens with zero attached hydrogens (tertiary/aromatic N) is 2. The monoisotopic (exact) mass is 768 g/mol. The fourth-order valence-electron chi connectivity index (χ4n) is 8.97. The van der Waals surface area contributed by atoms with Crippen molar-refractivity contribution < 1.29 is 18.9 Å². The molecule has 286 valence electrons. The van der Waals surface area contributed by atoms with Gasteiger partial charge in [-0.2, -0.15) is 0 Å². The second-order valence-electron chi connectivity index (χ2n) is 15.2. The van der Waals surface area contributed by atoms with Gasteiger partial charge in [-0.25, -0.2) is 0 Å². The van der Waals surface area contributed by atoms with Crippen LogP contribution in [0.1, 0.15) is 33.4 Å². The number of ether oxygens (including phenoxy) is 4. The van der Waals surface area contributed by atoms with Crippen molar-refractivity contribution >= 4 is 11.4 Å². The molecule has 0 spiro atoms. The van der Waals surface area contributed by atoms with Crippen molar-refractivity contribution in [3.05, 3.63) is 228 Å². The van der Waals surface area contributed by atoms with Gasteiger partial charge in [-0.15, -0.1) is 0 Å². The molecule has 0 fully saturated rings. The van der Waals surface area contributed by atoms with E-state index >= 15 is 0 Å². The Labute approximate surface area is 344 Å². The molecule has 0 bridgehead atoms. The summed E-state index contributed by atoms with van der Waals surface area (Å²) >= 11 is 0. The Morgan fingerprint density at radius 2 is 0.729 bits per heavy atom. The van der Waals surface area contributed by atoms with Crippen LogP contribution in [0.3, 0.4) is 0 Å². The van der Waals surface area contributed by atoms with Crippen molar-refractivity contribution in [3.63, 3.8) is 0 Å². The lowest BCUT2D eigenvalue weighted by Gasteiger charge is -2.34. The highest BCUT2D eigenvalue weighted by Crippen LogP contribution is 2.56.